The van der Waals surface area contributed by atoms with Crippen LogP contribution in [0, 0.1) is 0 Å². The van der Waals surface area contributed by atoms with Crippen molar-refractivity contribution in [3.8, 4) is 0 Å². The van der Waals surface area contributed by atoms with Crippen molar-refractivity contribution in [1.82, 2.24) is 4.98 Å². The van der Waals surface area contributed by atoms with Gasteiger partial charge in [0, 0.05) is 27.3 Å². The molecule has 1 aromatic heterocycles. The van der Waals surface area contributed by atoms with Crippen LogP contribution in [0.25, 0.3) is 0 Å². The van der Waals surface area contributed by atoms with Crippen LogP contribution in [0.3, 0.4) is 0 Å². The second-order valence-corrected chi connectivity index (χ2v) is 1.25. The Balaban J connectivity index is 0. The van der Waals surface area contributed by atoms with Gasteiger partial charge in [0.15, 0.2) is 0 Å². The van der Waals surface area contributed by atoms with E-state index in [0.29, 0.717) is 5.82 Å². The fraction of sp³-hybridized carbons (Fsp3) is 0. The van der Waals surface area contributed by atoms with E-state index in [4.69, 9.17) is 5.73 Å². The molecular formula is C5H8MoN2O. The Morgan fingerprint density at radius 1 is 1.33 bits per heavy atom. The van der Waals surface area contributed by atoms with Crippen LogP contribution in [-0.2, 0) is 21.1 Å². The van der Waals surface area contributed by atoms with E-state index in [1.54, 1.807) is 12.3 Å². The maximum atomic E-state index is 5.25. The minimum atomic E-state index is 0. The third kappa shape index (κ3) is 4.12. The van der Waals surface area contributed by atoms with E-state index in [-0.39, 0.29) is 26.5 Å². The summed E-state index contributed by atoms with van der Waals surface area (Å²) in [5, 5.41) is 0. The topological polar surface area (TPSA) is 70.4 Å². The zero-order valence-corrected chi connectivity index (χ0v) is 6.75. The first-order valence-corrected chi connectivity index (χ1v) is 2.06. The average molecular weight is 208 g/mol. The van der Waals surface area contributed by atoms with E-state index in [0.717, 1.165) is 0 Å². The van der Waals surface area contributed by atoms with Crippen molar-refractivity contribution in [2.24, 2.45) is 0 Å². The van der Waals surface area contributed by atoms with Gasteiger partial charge in [0.2, 0.25) is 0 Å². The Morgan fingerprint density at radius 2 is 2.00 bits per heavy atom. The van der Waals surface area contributed by atoms with Gasteiger partial charge < -0.3 is 11.2 Å². The first kappa shape index (κ1) is 11.4. The Morgan fingerprint density at radius 3 is 2.22 bits per heavy atom. The fourth-order valence-electron chi connectivity index (χ4n) is 0.376. The maximum absolute atomic E-state index is 5.25. The van der Waals surface area contributed by atoms with Crippen molar-refractivity contribution in [2.45, 2.75) is 0 Å². The van der Waals surface area contributed by atoms with Crippen LogP contribution in [0.4, 0.5) is 5.82 Å². The van der Waals surface area contributed by atoms with Gasteiger partial charge in [-0.3, -0.25) is 0 Å². The number of hydrogen-bond donors (Lipinski definition) is 1. The Kier molecular flexibility index (Phi) is 7.26. The van der Waals surface area contributed by atoms with Crippen LogP contribution in [0.15, 0.2) is 24.4 Å². The molecule has 0 fully saturated rings. The Hall–Kier alpha value is -0.402. The zero-order chi connectivity index (χ0) is 5.11. The molecule has 0 saturated heterocycles. The van der Waals surface area contributed by atoms with Gasteiger partial charge in [0.05, 0.1) is 0 Å². The van der Waals surface area contributed by atoms with Gasteiger partial charge >= 0.3 is 0 Å². The molecule has 1 aromatic rings. The number of pyridine rings is 1. The summed E-state index contributed by atoms with van der Waals surface area (Å²) < 4.78 is 0. The molecule has 4 heteroatoms. The molecule has 1 rings (SSSR count). The molecule has 0 unspecified atom stereocenters. The third-order valence-corrected chi connectivity index (χ3v) is 0.688. The smallest absolute Gasteiger partial charge is 0.123 e. The number of aromatic nitrogens is 1. The van der Waals surface area contributed by atoms with Gasteiger partial charge in [-0.05, 0) is 12.1 Å². The number of rotatable bonds is 0. The SMILES string of the molecule is Nc1ccccn1.O.[Mo]. The maximum Gasteiger partial charge on any atom is 0.123 e. The van der Waals surface area contributed by atoms with E-state index in [1.807, 2.05) is 12.1 Å². The van der Waals surface area contributed by atoms with Gasteiger partial charge in [-0.2, -0.15) is 0 Å². The summed E-state index contributed by atoms with van der Waals surface area (Å²) in [7, 11) is 0. The molecule has 0 radical (unpaired) electrons. The number of nitrogens with two attached hydrogens (primary N) is 1. The van der Waals surface area contributed by atoms with Gasteiger partial charge in [0.1, 0.15) is 5.82 Å². The van der Waals surface area contributed by atoms with Crippen LogP contribution in [0.2, 0.25) is 0 Å². The molecule has 1 heterocycles. The number of nitrogen functional groups attached to an aromatic ring is 1. The first-order valence-electron chi connectivity index (χ1n) is 2.06. The molecule has 0 bridgehead atoms. The van der Waals surface area contributed by atoms with Crippen molar-refractivity contribution in [3.63, 3.8) is 0 Å². The summed E-state index contributed by atoms with van der Waals surface area (Å²) in [6.07, 6.45) is 1.66. The monoisotopic (exact) mass is 210 g/mol. The van der Waals surface area contributed by atoms with Gasteiger partial charge in [-0.1, -0.05) is 6.07 Å². The van der Waals surface area contributed by atoms with E-state index >= 15 is 0 Å². The molecule has 0 amide bonds. The normalized spacial score (nSPS) is 6.67. The molecule has 0 aromatic carbocycles. The van der Waals surface area contributed by atoms with Crippen molar-refractivity contribution < 1.29 is 26.5 Å². The first-order chi connectivity index (χ1) is 3.39. The molecule has 50 valence electrons. The molecule has 0 aliphatic rings. The molecule has 9 heavy (non-hydrogen) atoms. The summed E-state index contributed by atoms with van der Waals surface area (Å²) in [5.74, 6) is 0.572. The molecule has 0 spiro atoms. The van der Waals surface area contributed by atoms with Crippen molar-refractivity contribution in [1.29, 1.82) is 0 Å². The summed E-state index contributed by atoms with van der Waals surface area (Å²) in [4.78, 5) is 3.76. The van der Waals surface area contributed by atoms with E-state index in [1.165, 1.54) is 0 Å². The van der Waals surface area contributed by atoms with Crippen LogP contribution in [0.5, 0.6) is 0 Å². The van der Waals surface area contributed by atoms with E-state index in [9.17, 15) is 0 Å². The van der Waals surface area contributed by atoms with Crippen LogP contribution >= 0.6 is 0 Å². The largest absolute Gasteiger partial charge is 0.412 e. The molecule has 3 nitrogen and oxygen atoms in total. The van der Waals surface area contributed by atoms with Crippen molar-refractivity contribution >= 4 is 5.82 Å². The van der Waals surface area contributed by atoms with Crippen LogP contribution < -0.4 is 5.73 Å². The number of nitrogens with zero attached hydrogens (tertiary/aromatic N) is 1. The molecule has 4 N–H and O–H groups in total. The Bertz CT molecular complexity index is 145. The van der Waals surface area contributed by atoms with E-state index < -0.39 is 0 Å². The average Bonchev–Trinajstić information content (AvgIpc) is 1.69. The standard InChI is InChI=1S/C5H6N2.Mo.H2O/c6-5-3-1-2-4-7-5;;/h1-4H,(H2,6,7);;1H2. The van der Waals surface area contributed by atoms with Crippen LogP contribution in [-0.4, -0.2) is 10.5 Å². The third-order valence-electron chi connectivity index (χ3n) is 0.688. The number of anilines is 1. The molecule has 0 atom stereocenters. The van der Waals surface area contributed by atoms with Gasteiger partial charge in [0.25, 0.3) is 0 Å². The number of hydrogen-bond acceptors (Lipinski definition) is 2. The van der Waals surface area contributed by atoms with Gasteiger partial charge in [-0.25, -0.2) is 4.98 Å². The molecule has 0 saturated carbocycles. The summed E-state index contributed by atoms with van der Waals surface area (Å²) >= 11 is 0. The second-order valence-electron chi connectivity index (χ2n) is 1.25. The van der Waals surface area contributed by atoms with E-state index in [2.05, 4.69) is 4.98 Å². The second kappa shape index (κ2) is 5.73. The minimum absolute atomic E-state index is 0. The predicted octanol–water partition coefficient (Wildman–Crippen LogP) is -0.163. The van der Waals surface area contributed by atoms with Crippen LogP contribution in [0.1, 0.15) is 0 Å². The molecular weight excluding hydrogens is 200 g/mol. The summed E-state index contributed by atoms with van der Waals surface area (Å²) in [5.41, 5.74) is 5.25. The summed E-state index contributed by atoms with van der Waals surface area (Å²) in [6, 6.07) is 5.43. The van der Waals surface area contributed by atoms with Gasteiger partial charge in [-0.15, -0.1) is 0 Å². The fourth-order valence-corrected chi connectivity index (χ4v) is 0.376. The zero-order valence-electron chi connectivity index (χ0n) is 4.74. The molecule has 0 aliphatic carbocycles. The molecule has 0 aliphatic heterocycles. The van der Waals surface area contributed by atoms with Crippen molar-refractivity contribution in [3.05, 3.63) is 24.4 Å². The quantitative estimate of drug-likeness (QED) is 0.601. The predicted molar refractivity (Wildman–Crippen MR) is 32.3 cm³/mol. The Labute approximate surface area is 67.9 Å². The summed E-state index contributed by atoms with van der Waals surface area (Å²) in [6.45, 7) is 0. The van der Waals surface area contributed by atoms with Crippen molar-refractivity contribution in [2.75, 3.05) is 5.73 Å². The minimum Gasteiger partial charge on any atom is -0.412 e.